The Kier molecular flexibility index (Phi) is 10.1. The summed E-state index contributed by atoms with van der Waals surface area (Å²) in [5, 5.41) is 1.79. The summed E-state index contributed by atoms with van der Waals surface area (Å²) in [6.07, 6.45) is -5.47. The maximum atomic E-state index is 12.2. The highest BCUT2D eigenvalue weighted by molar-refractivity contribution is 6.99. The molecule has 1 saturated heterocycles. The van der Waals surface area contributed by atoms with E-state index in [4.69, 9.17) is 28.1 Å². The molecule has 1 heterocycles. The maximum Gasteiger partial charge on any atom is 0.303 e. The van der Waals surface area contributed by atoms with Gasteiger partial charge in [-0.2, -0.15) is 0 Å². The van der Waals surface area contributed by atoms with Gasteiger partial charge in [0.2, 0.25) is 0 Å². The third-order valence-corrected chi connectivity index (χ3v) is 11.6. The summed E-state index contributed by atoms with van der Waals surface area (Å²) < 4.78 is 35.3. The van der Waals surface area contributed by atoms with Crippen molar-refractivity contribution >= 4 is 36.6 Å². The van der Waals surface area contributed by atoms with E-state index in [1.807, 2.05) is 36.4 Å². The summed E-state index contributed by atoms with van der Waals surface area (Å²) in [6, 6.07) is 20.1. The van der Waals surface area contributed by atoms with Gasteiger partial charge < -0.3 is 28.1 Å². The number of carbonyl (C=O) groups is 3. The van der Waals surface area contributed by atoms with E-state index in [2.05, 4.69) is 45.0 Å². The van der Waals surface area contributed by atoms with E-state index in [0.717, 1.165) is 10.4 Å². The molecular formula is C29H38O9Si. The average molecular weight is 559 g/mol. The largest absolute Gasteiger partial charge is 0.456 e. The lowest BCUT2D eigenvalue weighted by Crippen LogP contribution is -2.68. The number of hydrogen-bond donors (Lipinski definition) is 0. The van der Waals surface area contributed by atoms with E-state index >= 15 is 0 Å². The molecule has 0 bridgehead atoms. The molecule has 39 heavy (non-hydrogen) atoms. The fourth-order valence-corrected chi connectivity index (χ4v) is 9.72. The Balaban J connectivity index is 2.09. The van der Waals surface area contributed by atoms with Crippen molar-refractivity contribution in [1.82, 2.24) is 0 Å². The lowest BCUT2D eigenvalue weighted by atomic mass is 9.98. The van der Waals surface area contributed by atoms with Crippen molar-refractivity contribution in [2.24, 2.45) is 0 Å². The second-order valence-electron chi connectivity index (χ2n) is 10.5. The number of rotatable bonds is 9. The number of methoxy groups -OCH3 is 1. The Bertz CT molecular complexity index is 1080. The van der Waals surface area contributed by atoms with Gasteiger partial charge in [-0.25, -0.2) is 0 Å². The zero-order valence-electron chi connectivity index (χ0n) is 23.5. The highest BCUT2D eigenvalue weighted by Gasteiger charge is 2.55. The van der Waals surface area contributed by atoms with Gasteiger partial charge in [0, 0.05) is 27.9 Å². The smallest absolute Gasteiger partial charge is 0.303 e. The van der Waals surface area contributed by atoms with Crippen molar-refractivity contribution in [3.05, 3.63) is 60.7 Å². The molecule has 2 aromatic rings. The summed E-state index contributed by atoms with van der Waals surface area (Å²) in [5.41, 5.74) is 0. The standard InChI is InChI=1S/C29H38O9Si/c1-19(30)35-25-24(38-28(33-7)27(37-21(3)32)26(25)36-20(2)31)18-34-39(29(4,5)6,22-14-10-8-11-15-22)23-16-12-9-13-17-23/h8-17,24-28H,18H2,1-7H3/t24-,25-,26+,27-,28+/m1/s1. The van der Waals surface area contributed by atoms with Gasteiger partial charge in [-0.05, 0) is 15.4 Å². The molecule has 0 unspecified atom stereocenters. The first kappa shape index (κ1) is 30.5. The quantitative estimate of drug-likeness (QED) is 0.261. The first-order valence-corrected chi connectivity index (χ1v) is 14.8. The first-order chi connectivity index (χ1) is 18.4. The molecule has 9 nitrogen and oxygen atoms in total. The highest BCUT2D eigenvalue weighted by Crippen LogP contribution is 2.38. The van der Waals surface area contributed by atoms with Crippen LogP contribution >= 0.6 is 0 Å². The minimum absolute atomic E-state index is 0.0182. The van der Waals surface area contributed by atoms with Gasteiger partial charge in [0.05, 0.1) is 6.61 Å². The topological polar surface area (TPSA) is 107 Å². The number of ether oxygens (including phenoxy) is 5. The molecule has 0 saturated carbocycles. The van der Waals surface area contributed by atoms with E-state index in [-0.39, 0.29) is 11.6 Å². The van der Waals surface area contributed by atoms with E-state index in [9.17, 15) is 14.4 Å². The Labute approximate surface area is 230 Å². The molecule has 1 aliphatic rings. The fourth-order valence-electron chi connectivity index (χ4n) is 5.15. The van der Waals surface area contributed by atoms with Crippen molar-refractivity contribution in [3.8, 4) is 0 Å². The lowest BCUT2D eigenvalue weighted by molar-refractivity contribution is -0.301. The van der Waals surface area contributed by atoms with Crippen LogP contribution in [-0.2, 0) is 42.5 Å². The van der Waals surface area contributed by atoms with E-state index in [1.54, 1.807) is 0 Å². The van der Waals surface area contributed by atoms with Gasteiger partial charge in [-0.15, -0.1) is 0 Å². The van der Waals surface area contributed by atoms with Crippen LogP contribution in [0.4, 0.5) is 0 Å². The molecule has 5 atom stereocenters. The summed E-state index contributed by atoms with van der Waals surface area (Å²) in [7, 11) is -1.60. The lowest BCUT2D eigenvalue weighted by Gasteiger charge is -2.47. The van der Waals surface area contributed by atoms with E-state index in [1.165, 1.54) is 27.9 Å². The highest BCUT2D eigenvalue weighted by atomic mass is 28.4. The number of benzene rings is 2. The third-order valence-electron chi connectivity index (χ3n) is 6.61. The molecule has 1 aliphatic heterocycles. The average Bonchev–Trinajstić information content (AvgIpc) is 2.87. The Morgan fingerprint density at radius 3 is 1.59 bits per heavy atom. The van der Waals surface area contributed by atoms with Gasteiger partial charge in [0.15, 0.2) is 24.6 Å². The van der Waals surface area contributed by atoms with Crippen LogP contribution in [0.2, 0.25) is 5.04 Å². The van der Waals surface area contributed by atoms with E-state index in [0.29, 0.717) is 0 Å². The Morgan fingerprint density at radius 1 is 0.744 bits per heavy atom. The first-order valence-electron chi connectivity index (χ1n) is 12.9. The van der Waals surface area contributed by atoms with Crippen LogP contribution in [0.3, 0.4) is 0 Å². The minimum atomic E-state index is -2.99. The number of carbonyl (C=O) groups excluding carboxylic acids is 3. The summed E-state index contributed by atoms with van der Waals surface area (Å²) in [4.78, 5) is 36.2. The van der Waals surface area contributed by atoms with Crippen LogP contribution in [0.25, 0.3) is 0 Å². The minimum Gasteiger partial charge on any atom is -0.456 e. The molecule has 0 radical (unpaired) electrons. The molecule has 0 N–H and O–H groups in total. The molecule has 2 aromatic carbocycles. The molecule has 0 aromatic heterocycles. The van der Waals surface area contributed by atoms with Gasteiger partial charge >= 0.3 is 17.9 Å². The molecule has 212 valence electrons. The van der Waals surface area contributed by atoms with E-state index < -0.39 is 56.9 Å². The van der Waals surface area contributed by atoms with Crippen molar-refractivity contribution in [2.45, 2.75) is 77.3 Å². The maximum absolute atomic E-state index is 12.2. The number of hydrogen-bond acceptors (Lipinski definition) is 9. The molecule has 1 fully saturated rings. The third kappa shape index (κ3) is 6.94. The fraction of sp³-hybridized carbons (Fsp3) is 0.483. The van der Waals surface area contributed by atoms with Crippen molar-refractivity contribution < 1.29 is 42.5 Å². The SMILES string of the molecule is CO[C@H]1O[C@H](CO[Si](c2ccccc2)(c2ccccc2)C(C)(C)C)[C@@H](OC(C)=O)[C@H](OC(C)=O)[C@H]1OC(C)=O. The van der Waals surface area contributed by atoms with Crippen LogP contribution in [0.5, 0.6) is 0 Å². The van der Waals surface area contributed by atoms with Gasteiger partial charge in [0.1, 0.15) is 6.10 Å². The zero-order valence-corrected chi connectivity index (χ0v) is 24.5. The monoisotopic (exact) mass is 558 g/mol. The second kappa shape index (κ2) is 12.9. The van der Waals surface area contributed by atoms with Crippen LogP contribution < -0.4 is 10.4 Å². The van der Waals surface area contributed by atoms with Crippen molar-refractivity contribution in [2.75, 3.05) is 13.7 Å². The summed E-state index contributed by atoms with van der Waals surface area (Å²) >= 11 is 0. The predicted molar refractivity (Wildman–Crippen MR) is 146 cm³/mol. The van der Waals surface area contributed by atoms with Crippen LogP contribution in [0.1, 0.15) is 41.5 Å². The molecule has 0 amide bonds. The molecule has 0 aliphatic carbocycles. The Hall–Kier alpha value is -3.05. The number of esters is 3. The van der Waals surface area contributed by atoms with Gasteiger partial charge in [0.25, 0.3) is 8.32 Å². The summed E-state index contributed by atoms with van der Waals surface area (Å²) in [5.74, 6) is -1.89. The van der Waals surface area contributed by atoms with Gasteiger partial charge in [-0.3, -0.25) is 14.4 Å². The van der Waals surface area contributed by atoms with Crippen molar-refractivity contribution in [1.29, 1.82) is 0 Å². The van der Waals surface area contributed by atoms with Crippen molar-refractivity contribution in [3.63, 3.8) is 0 Å². The Morgan fingerprint density at radius 2 is 1.18 bits per heavy atom. The van der Waals surface area contributed by atoms with Crippen LogP contribution in [0, 0.1) is 0 Å². The molecule has 10 heteroatoms. The molecular weight excluding hydrogens is 520 g/mol. The van der Waals surface area contributed by atoms with Crippen LogP contribution in [-0.4, -0.2) is 70.6 Å². The predicted octanol–water partition coefficient (Wildman–Crippen LogP) is 2.73. The zero-order chi connectivity index (χ0) is 28.8. The van der Waals surface area contributed by atoms with Gasteiger partial charge in [-0.1, -0.05) is 81.4 Å². The molecule has 3 rings (SSSR count). The molecule has 0 spiro atoms. The normalized spacial score (nSPS) is 23.5. The second-order valence-corrected chi connectivity index (χ2v) is 14.8. The summed E-state index contributed by atoms with van der Waals surface area (Å²) in [6.45, 7) is 10.1. The van der Waals surface area contributed by atoms with Crippen LogP contribution in [0.15, 0.2) is 60.7 Å².